The molecule has 0 saturated carbocycles. The quantitative estimate of drug-likeness (QED) is 0.751. The molecule has 1 aliphatic heterocycles. The lowest BCUT2D eigenvalue weighted by atomic mass is 10.1. The van der Waals surface area contributed by atoms with Crippen LogP contribution in [0.25, 0.3) is 0 Å². The number of benzene rings is 2. The Morgan fingerprint density at radius 3 is 2.41 bits per heavy atom. The Morgan fingerprint density at radius 1 is 1.14 bits per heavy atom. The van der Waals surface area contributed by atoms with Gasteiger partial charge in [-0.3, -0.25) is 4.79 Å². The number of hydrogen-bond donors (Lipinski definition) is 1. The van der Waals surface area contributed by atoms with Gasteiger partial charge in [0.1, 0.15) is 5.82 Å². The van der Waals surface area contributed by atoms with Crippen molar-refractivity contribution in [3.8, 4) is 0 Å². The Balaban J connectivity index is 1.58. The van der Waals surface area contributed by atoms with Gasteiger partial charge in [-0.05, 0) is 36.8 Å². The number of rotatable bonds is 6. The Morgan fingerprint density at radius 2 is 1.79 bits per heavy atom. The molecule has 0 radical (unpaired) electrons. The normalized spacial score (nSPS) is 17.1. The highest BCUT2D eigenvalue weighted by Crippen LogP contribution is 2.15. The van der Waals surface area contributed by atoms with Crippen LogP contribution in [0.4, 0.5) is 4.39 Å². The SMILES string of the molecule is C[C@H](C(=O)N(C)Cc1cccc(F)c1)[NH+]1CCN(S(=O)(=O)c2ccccc2)CC1. The van der Waals surface area contributed by atoms with Crippen LogP contribution < -0.4 is 4.90 Å². The van der Waals surface area contributed by atoms with Crippen LogP contribution in [0.3, 0.4) is 0 Å². The largest absolute Gasteiger partial charge is 0.336 e. The van der Waals surface area contributed by atoms with Gasteiger partial charge >= 0.3 is 0 Å². The Hall–Kier alpha value is -2.29. The van der Waals surface area contributed by atoms with Gasteiger partial charge in [-0.15, -0.1) is 0 Å². The zero-order valence-corrected chi connectivity index (χ0v) is 17.5. The fourth-order valence-corrected chi connectivity index (χ4v) is 5.14. The molecule has 0 aromatic heterocycles. The Kier molecular flexibility index (Phi) is 6.66. The molecule has 3 rings (SSSR count). The van der Waals surface area contributed by atoms with Gasteiger partial charge in [0.05, 0.1) is 31.1 Å². The van der Waals surface area contributed by atoms with E-state index < -0.39 is 10.0 Å². The van der Waals surface area contributed by atoms with Gasteiger partial charge in [0.15, 0.2) is 6.04 Å². The molecule has 2 aromatic carbocycles. The number of carbonyl (C=O) groups is 1. The van der Waals surface area contributed by atoms with Crippen LogP contribution in [-0.2, 0) is 21.4 Å². The molecule has 1 fully saturated rings. The van der Waals surface area contributed by atoms with E-state index in [-0.39, 0.29) is 17.8 Å². The molecular weight excluding hydrogens is 393 g/mol. The number of likely N-dealkylation sites (N-methyl/N-ethyl adjacent to an activating group) is 1. The van der Waals surface area contributed by atoms with Crippen LogP contribution in [0.15, 0.2) is 59.5 Å². The van der Waals surface area contributed by atoms with E-state index in [1.807, 2.05) is 6.92 Å². The maximum Gasteiger partial charge on any atom is 0.280 e. The second kappa shape index (κ2) is 9.02. The molecule has 29 heavy (non-hydrogen) atoms. The van der Waals surface area contributed by atoms with E-state index in [4.69, 9.17) is 0 Å². The maximum absolute atomic E-state index is 13.4. The molecule has 1 aliphatic rings. The van der Waals surface area contributed by atoms with Crippen molar-refractivity contribution in [2.24, 2.45) is 0 Å². The zero-order chi connectivity index (χ0) is 21.0. The van der Waals surface area contributed by atoms with Crippen LogP contribution in [0.1, 0.15) is 12.5 Å². The van der Waals surface area contributed by atoms with Gasteiger partial charge in [0.2, 0.25) is 10.0 Å². The van der Waals surface area contributed by atoms with Gasteiger partial charge < -0.3 is 9.80 Å². The highest BCUT2D eigenvalue weighted by atomic mass is 32.2. The molecule has 1 amide bonds. The van der Waals surface area contributed by atoms with Crippen molar-refractivity contribution in [3.63, 3.8) is 0 Å². The first-order valence-electron chi connectivity index (χ1n) is 9.68. The molecule has 2 aromatic rings. The van der Waals surface area contributed by atoms with Crippen molar-refractivity contribution in [2.45, 2.75) is 24.4 Å². The van der Waals surface area contributed by atoms with Crippen molar-refractivity contribution in [1.29, 1.82) is 0 Å². The van der Waals surface area contributed by atoms with E-state index in [2.05, 4.69) is 0 Å². The topological polar surface area (TPSA) is 62.1 Å². The molecule has 0 spiro atoms. The third-order valence-corrected chi connectivity index (χ3v) is 7.33. The summed E-state index contributed by atoms with van der Waals surface area (Å²) >= 11 is 0. The summed E-state index contributed by atoms with van der Waals surface area (Å²) in [5.41, 5.74) is 0.738. The van der Waals surface area contributed by atoms with Gasteiger partial charge in [0, 0.05) is 13.6 Å². The Labute approximate surface area is 171 Å². The summed E-state index contributed by atoms with van der Waals surface area (Å²) in [4.78, 5) is 15.8. The number of carbonyl (C=O) groups excluding carboxylic acids is 1. The van der Waals surface area contributed by atoms with Crippen LogP contribution in [-0.4, -0.2) is 62.8 Å². The molecule has 8 heteroatoms. The lowest BCUT2D eigenvalue weighted by Crippen LogP contribution is -3.19. The molecule has 1 atom stereocenters. The summed E-state index contributed by atoms with van der Waals surface area (Å²) in [6.45, 7) is 4.07. The van der Waals surface area contributed by atoms with Gasteiger partial charge in [-0.25, -0.2) is 12.8 Å². The zero-order valence-electron chi connectivity index (χ0n) is 16.7. The fraction of sp³-hybridized carbons (Fsp3) is 0.381. The predicted molar refractivity (Wildman–Crippen MR) is 108 cm³/mol. The molecular formula is C21H27FN3O3S+. The third-order valence-electron chi connectivity index (χ3n) is 5.41. The minimum absolute atomic E-state index is 0.0383. The molecule has 0 unspecified atom stereocenters. The summed E-state index contributed by atoms with van der Waals surface area (Å²) in [6.07, 6.45) is 0. The number of halogens is 1. The number of piperazine rings is 1. The first kappa shape index (κ1) is 21.4. The van der Waals surface area contributed by atoms with Crippen LogP contribution in [0.5, 0.6) is 0 Å². The Bertz CT molecular complexity index is 945. The molecule has 156 valence electrons. The summed E-state index contributed by atoms with van der Waals surface area (Å²) in [6, 6.07) is 14.3. The van der Waals surface area contributed by atoms with Crippen molar-refractivity contribution in [3.05, 3.63) is 66.0 Å². The molecule has 1 N–H and O–H groups in total. The molecule has 6 nitrogen and oxygen atoms in total. The number of amides is 1. The van der Waals surface area contributed by atoms with Gasteiger partial charge in [-0.1, -0.05) is 30.3 Å². The molecule has 1 heterocycles. The predicted octanol–water partition coefficient (Wildman–Crippen LogP) is 0.762. The van der Waals surface area contributed by atoms with Crippen molar-refractivity contribution in [2.75, 3.05) is 33.2 Å². The second-order valence-corrected chi connectivity index (χ2v) is 9.36. The maximum atomic E-state index is 13.4. The number of quaternary nitrogens is 1. The standard InChI is InChI=1S/C21H26FN3O3S/c1-17(21(26)23(2)16-18-7-6-8-19(22)15-18)24-11-13-25(14-12-24)29(27,28)20-9-4-3-5-10-20/h3-10,15,17H,11-14,16H2,1-2H3/p+1/t17-/m1/s1. The van der Waals surface area contributed by atoms with Gasteiger partial charge in [0.25, 0.3) is 5.91 Å². The molecule has 0 bridgehead atoms. The first-order valence-corrected chi connectivity index (χ1v) is 11.1. The van der Waals surface area contributed by atoms with E-state index in [1.165, 1.54) is 16.4 Å². The second-order valence-electron chi connectivity index (χ2n) is 7.42. The number of sulfonamides is 1. The number of nitrogens with zero attached hydrogens (tertiary/aromatic N) is 2. The summed E-state index contributed by atoms with van der Waals surface area (Å²) in [5.74, 6) is -0.360. The van der Waals surface area contributed by atoms with E-state index in [0.29, 0.717) is 37.6 Å². The lowest BCUT2D eigenvalue weighted by Gasteiger charge is -2.35. The van der Waals surface area contributed by atoms with Crippen molar-refractivity contribution >= 4 is 15.9 Å². The average Bonchev–Trinajstić information content (AvgIpc) is 2.73. The number of nitrogens with one attached hydrogen (secondary N) is 1. The minimum atomic E-state index is -3.50. The van der Waals surface area contributed by atoms with Crippen LogP contribution >= 0.6 is 0 Å². The number of hydrogen-bond acceptors (Lipinski definition) is 3. The molecule has 1 saturated heterocycles. The molecule has 0 aliphatic carbocycles. The highest BCUT2D eigenvalue weighted by molar-refractivity contribution is 7.89. The van der Waals surface area contributed by atoms with E-state index in [1.54, 1.807) is 54.4 Å². The van der Waals surface area contributed by atoms with E-state index in [9.17, 15) is 17.6 Å². The summed E-state index contributed by atoms with van der Waals surface area (Å²) < 4.78 is 40.3. The van der Waals surface area contributed by atoms with Crippen LogP contribution in [0, 0.1) is 5.82 Å². The lowest BCUT2D eigenvalue weighted by molar-refractivity contribution is -0.918. The fourth-order valence-electron chi connectivity index (χ4n) is 3.68. The van der Waals surface area contributed by atoms with Crippen LogP contribution in [0.2, 0.25) is 0 Å². The third kappa shape index (κ3) is 5.01. The monoisotopic (exact) mass is 420 g/mol. The highest BCUT2D eigenvalue weighted by Gasteiger charge is 2.35. The summed E-state index contributed by atoms with van der Waals surface area (Å²) in [7, 11) is -1.80. The van der Waals surface area contributed by atoms with Crippen molar-refractivity contribution in [1.82, 2.24) is 9.21 Å². The van der Waals surface area contributed by atoms with Crippen molar-refractivity contribution < 1.29 is 22.5 Å². The van der Waals surface area contributed by atoms with E-state index >= 15 is 0 Å². The first-order chi connectivity index (χ1) is 13.8. The van der Waals surface area contributed by atoms with Gasteiger partial charge in [-0.2, -0.15) is 4.31 Å². The average molecular weight is 421 g/mol. The summed E-state index contributed by atoms with van der Waals surface area (Å²) in [5, 5.41) is 0. The smallest absolute Gasteiger partial charge is 0.280 e. The minimum Gasteiger partial charge on any atom is -0.336 e. The van der Waals surface area contributed by atoms with E-state index in [0.717, 1.165) is 10.5 Å².